The predicted molar refractivity (Wildman–Crippen MR) is 93.5 cm³/mol. The van der Waals surface area contributed by atoms with Crippen molar-refractivity contribution in [2.24, 2.45) is 0 Å². The molecule has 0 fully saturated rings. The van der Waals surface area contributed by atoms with Crippen molar-refractivity contribution in [1.29, 1.82) is 0 Å². The summed E-state index contributed by atoms with van der Waals surface area (Å²) in [7, 11) is 0. The van der Waals surface area contributed by atoms with E-state index in [4.69, 9.17) is 16.5 Å². The van der Waals surface area contributed by atoms with E-state index in [1.54, 1.807) is 24.3 Å². The molecule has 4 nitrogen and oxygen atoms in total. The summed E-state index contributed by atoms with van der Waals surface area (Å²) in [5, 5.41) is 9.76. The third-order valence-electron chi connectivity index (χ3n) is 3.75. The fraction of sp³-hybridized carbons (Fsp3) is 0.611. The Morgan fingerprint density at radius 3 is 2.35 bits per heavy atom. The van der Waals surface area contributed by atoms with Gasteiger partial charge in [-0.05, 0) is 35.9 Å². The van der Waals surface area contributed by atoms with E-state index >= 15 is 0 Å². The minimum absolute atomic E-state index is 0.200. The Hall–Kier alpha value is -1.10. The molecule has 0 amide bonds. The summed E-state index contributed by atoms with van der Waals surface area (Å²) in [6.07, 6.45) is 8.02. The Labute approximate surface area is 144 Å². The SMILES string of the molecule is CCCCCCCCCC(=O)Oc1ccc(C(O)CNCl)cc1. The Kier molecular flexibility index (Phi) is 10.7. The molecule has 1 aromatic rings. The molecular weight excluding hydrogens is 314 g/mol. The molecule has 0 spiro atoms. The molecule has 0 radical (unpaired) electrons. The van der Waals surface area contributed by atoms with Crippen LogP contribution in [0.3, 0.4) is 0 Å². The van der Waals surface area contributed by atoms with Gasteiger partial charge < -0.3 is 9.84 Å². The van der Waals surface area contributed by atoms with E-state index in [0.717, 1.165) is 18.4 Å². The summed E-state index contributed by atoms with van der Waals surface area (Å²) in [5.41, 5.74) is 0.727. The number of rotatable bonds is 12. The summed E-state index contributed by atoms with van der Waals surface area (Å²) in [5.74, 6) is 0.307. The molecule has 1 aromatic carbocycles. The van der Waals surface area contributed by atoms with Crippen LogP contribution in [0.25, 0.3) is 0 Å². The first-order valence-electron chi connectivity index (χ1n) is 8.49. The van der Waals surface area contributed by atoms with Gasteiger partial charge in [-0.15, -0.1) is 0 Å². The molecule has 0 heterocycles. The van der Waals surface area contributed by atoms with Gasteiger partial charge in [-0.2, -0.15) is 0 Å². The lowest BCUT2D eigenvalue weighted by atomic mass is 10.1. The third-order valence-corrected chi connectivity index (χ3v) is 3.91. The number of nitrogens with one attached hydrogen (secondary N) is 1. The van der Waals surface area contributed by atoms with Gasteiger partial charge in [0.2, 0.25) is 0 Å². The second kappa shape index (κ2) is 12.3. The fourth-order valence-corrected chi connectivity index (χ4v) is 2.50. The second-order valence-electron chi connectivity index (χ2n) is 5.77. The van der Waals surface area contributed by atoms with Crippen molar-refractivity contribution in [2.45, 2.75) is 64.4 Å². The summed E-state index contributed by atoms with van der Waals surface area (Å²) in [4.78, 5) is 14.2. The van der Waals surface area contributed by atoms with Crippen LogP contribution in [0.1, 0.15) is 70.0 Å². The van der Waals surface area contributed by atoms with Crippen molar-refractivity contribution in [2.75, 3.05) is 6.54 Å². The standard InChI is InChI=1S/C18H28ClNO3/c1-2-3-4-5-6-7-8-9-18(22)23-16-12-10-15(11-13-16)17(21)14-20-19/h10-13,17,20-21H,2-9,14H2,1H3. The Balaban J connectivity index is 2.21. The largest absolute Gasteiger partial charge is 0.427 e. The lowest BCUT2D eigenvalue weighted by molar-refractivity contribution is -0.134. The number of carbonyl (C=O) groups is 1. The van der Waals surface area contributed by atoms with Gasteiger partial charge in [-0.1, -0.05) is 57.6 Å². The maximum atomic E-state index is 11.8. The molecule has 1 rings (SSSR count). The molecule has 0 aliphatic rings. The molecule has 0 aromatic heterocycles. The first kappa shape index (κ1) is 19.9. The first-order chi connectivity index (χ1) is 11.2. The van der Waals surface area contributed by atoms with E-state index < -0.39 is 6.10 Å². The average molecular weight is 342 g/mol. The number of aliphatic hydroxyl groups excluding tert-OH is 1. The van der Waals surface area contributed by atoms with E-state index in [9.17, 15) is 9.90 Å². The lowest BCUT2D eigenvalue weighted by Crippen LogP contribution is -2.12. The van der Waals surface area contributed by atoms with Crippen LogP contribution >= 0.6 is 11.8 Å². The predicted octanol–water partition coefficient (Wildman–Crippen LogP) is 4.51. The van der Waals surface area contributed by atoms with Gasteiger partial charge in [0.25, 0.3) is 0 Å². The monoisotopic (exact) mass is 341 g/mol. The smallest absolute Gasteiger partial charge is 0.311 e. The minimum Gasteiger partial charge on any atom is -0.427 e. The zero-order chi connectivity index (χ0) is 16.9. The highest BCUT2D eigenvalue weighted by Gasteiger charge is 2.08. The van der Waals surface area contributed by atoms with Gasteiger partial charge in [0.1, 0.15) is 5.75 Å². The van der Waals surface area contributed by atoms with Gasteiger partial charge in [-0.25, -0.2) is 4.84 Å². The highest BCUT2D eigenvalue weighted by atomic mass is 35.5. The topological polar surface area (TPSA) is 58.6 Å². The van der Waals surface area contributed by atoms with E-state index in [1.807, 2.05) is 0 Å². The van der Waals surface area contributed by atoms with Gasteiger partial charge in [0.15, 0.2) is 0 Å². The molecule has 5 heteroatoms. The highest BCUT2D eigenvalue weighted by Crippen LogP contribution is 2.18. The summed E-state index contributed by atoms with van der Waals surface area (Å²) in [6, 6.07) is 6.84. The lowest BCUT2D eigenvalue weighted by Gasteiger charge is -2.10. The molecule has 130 valence electrons. The fourth-order valence-electron chi connectivity index (χ4n) is 2.36. The molecule has 23 heavy (non-hydrogen) atoms. The first-order valence-corrected chi connectivity index (χ1v) is 8.87. The van der Waals surface area contributed by atoms with Crippen LogP contribution in [0.5, 0.6) is 5.75 Å². The van der Waals surface area contributed by atoms with Crippen molar-refractivity contribution in [1.82, 2.24) is 4.84 Å². The van der Waals surface area contributed by atoms with Crippen LogP contribution in [0.2, 0.25) is 0 Å². The summed E-state index contributed by atoms with van der Waals surface area (Å²) >= 11 is 5.36. The van der Waals surface area contributed by atoms with Crippen molar-refractivity contribution >= 4 is 17.7 Å². The zero-order valence-corrected chi connectivity index (χ0v) is 14.6. The summed E-state index contributed by atoms with van der Waals surface area (Å²) < 4.78 is 5.29. The molecule has 1 atom stereocenters. The highest BCUT2D eigenvalue weighted by molar-refractivity contribution is 6.13. The van der Waals surface area contributed by atoms with Crippen LogP contribution in [0, 0.1) is 0 Å². The van der Waals surface area contributed by atoms with Crippen molar-refractivity contribution in [3.8, 4) is 5.75 Å². The molecule has 0 saturated heterocycles. The van der Waals surface area contributed by atoms with Crippen LogP contribution in [-0.2, 0) is 4.79 Å². The number of ether oxygens (including phenoxy) is 1. The van der Waals surface area contributed by atoms with Gasteiger partial charge in [0.05, 0.1) is 6.10 Å². The number of halogens is 1. The number of benzene rings is 1. The number of aliphatic hydroxyl groups is 1. The second-order valence-corrected chi connectivity index (χ2v) is 6.04. The number of unbranched alkanes of at least 4 members (excludes halogenated alkanes) is 6. The van der Waals surface area contributed by atoms with Crippen molar-refractivity contribution < 1.29 is 14.6 Å². The zero-order valence-electron chi connectivity index (χ0n) is 13.9. The van der Waals surface area contributed by atoms with Gasteiger partial charge in [-0.3, -0.25) is 4.79 Å². The Bertz CT molecular complexity index is 436. The van der Waals surface area contributed by atoms with Gasteiger partial charge >= 0.3 is 5.97 Å². The summed E-state index contributed by atoms with van der Waals surface area (Å²) in [6.45, 7) is 2.47. The molecule has 0 aliphatic carbocycles. The average Bonchev–Trinajstić information content (AvgIpc) is 2.55. The molecule has 2 N–H and O–H groups in total. The number of esters is 1. The quantitative estimate of drug-likeness (QED) is 0.254. The van der Waals surface area contributed by atoms with Crippen molar-refractivity contribution in [3.05, 3.63) is 29.8 Å². The van der Waals surface area contributed by atoms with Crippen LogP contribution in [0.15, 0.2) is 24.3 Å². The molecule has 1 unspecified atom stereocenters. The third kappa shape index (κ3) is 8.94. The minimum atomic E-state index is -0.676. The van der Waals surface area contributed by atoms with Crippen LogP contribution < -0.4 is 9.57 Å². The maximum Gasteiger partial charge on any atom is 0.311 e. The number of hydrogen-bond acceptors (Lipinski definition) is 4. The van der Waals surface area contributed by atoms with Crippen LogP contribution in [0.4, 0.5) is 0 Å². The maximum absolute atomic E-state index is 11.8. The van der Waals surface area contributed by atoms with E-state index in [1.165, 1.54) is 32.1 Å². The van der Waals surface area contributed by atoms with E-state index in [2.05, 4.69) is 11.8 Å². The normalized spacial score (nSPS) is 12.1. The molecule has 0 aliphatic heterocycles. The number of carbonyl (C=O) groups excluding carboxylic acids is 1. The van der Waals surface area contributed by atoms with Crippen molar-refractivity contribution in [3.63, 3.8) is 0 Å². The van der Waals surface area contributed by atoms with Gasteiger partial charge in [0, 0.05) is 13.0 Å². The molecule has 0 saturated carbocycles. The number of hydrogen-bond donors (Lipinski definition) is 2. The molecule has 0 bridgehead atoms. The Morgan fingerprint density at radius 1 is 1.13 bits per heavy atom. The van der Waals surface area contributed by atoms with Crippen LogP contribution in [-0.4, -0.2) is 17.6 Å². The molecular formula is C18H28ClNO3. The Morgan fingerprint density at radius 2 is 1.74 bits per heavy atom. The van der Waals surface area contributed by atoms with E-state index in [-0.39, 0.29) is 12.5 Å². The van der Waals surface area contributed by atoms with E-state index in [0.29, 0.717) is 12.2 Å².